The Balaban J connectivity index is 2.30. The highest BCUT2D eigenvalue weighted by atomic mass is 32.2. The van der Waals surface area contributed by atoms with Crippen LogP contribution in [0.25, 0.3) is 0 Å². The summed E-state index contributed by atoms with van der Waals surface area (Å²) in [5.74, 6) is 0.970. The fraction of sp³-hybridized carbons (Fsp3) is 0.667. The van der Waals surface area contributed by atoms with E-state index < -0.39 is 10.0 Å². The maximum Gasteiger partial charge on any atom is 0.211 e. The van der Waals surface area contributed by atoms with E-state index in [1.165, 1.54) is 0 Å². The lowest BCUT2D eigenvalue weighted by molar-refractivity contribution is 0.478. The molecule has 2 N–H and O–H groups in total. The average Bonchev–Trinajstić information content (AvgIpc) is 2.76. The van der Waals surface area contributed by atoms with Crippen LogP contribution in [0.15, 0.2) is 22.8 Å². The summed E-state index contributed by atoms with van der Waals surface area (Å²) in [4.78, 5) is 0. The van der Waals surface area contributed by atoms with E-state index in [0.717, 1.165) is 18.7 Å². The summed E-state index contributed by atoms with van der Waals surface area (Å²) in [5.41, 5.74) is 0. The molecule has 0 aliphatic rings. The lowest BCUT2D eigenvalue weighted by atomic mass is 10.2. The Bertz CT molecular complexity index is 415. The molecule has 1 rings (SSSR count). The number of unbranched alkanes of at least 4 members (excludes halogenated alkanes) is 1. The third-order valence-electron chi connectivity index (χ3n) is 2.56. The molecular weight excluding hydrogens is 252 g/mol. The standard InChI is InChI=1S/C12H22N2O3S/c1-11(10-12-6-5-8-17-12)14-18(15,16)9-4-3-7-13-2/h5-6,8,11,13-14H,3-4,7,9-10H2,1-2H3. The molecule has 1 atom stereocenters. The van der Waals surface area contributed by atoms with Gasteiger partial charge >= 0.3 is 0 Å². The minimum atomic E-state index is -3.18. The first-order valence-corrected chi connectivity index (χ1v) is 7.85. The molecule has 0 fully saturated rings. The summed E-state index contributed by atoms with van der Waals surface area (Å²) < 4.78 is 31.4. The van der Waals surface area contributed by atoms with Gasteiger partial charge in [0.1, 0.15) is 5.76 Å². The maximum atomic E-state index is 11.8. The van der Waals surface area contributed by atoms with Gasteiger partial charge in [0.25, 0.3) is 0 Å². The molecule has 0 aromatic carbocycles. The second-order valence-electron chi connectivity index (χ2n) is 4.43. The SMILES string of the molecule is CNCCCCS(=O)(=O)NC(C)Cc1ccco1. The zero-order chi connectivity index (χ0) is 13.4. The van der Waals surface area contributed by atoms with Crippen LogP contribution >= 0.6 is 0 Å². The number of hydrogen-bond donors (Lipinski definition) is 2. The van der Waals surface area contributed by atoms with Gasteiger partial charge in [0.15, 0.2) is 0 Å². The van der Waals surface area contributed by atoms with E-state index in [0.29, 0.717) is 12.8 Å². The first-order valence-electron chi connectivity index (χ1n) is 6.20. The van der Waals surface area contributed by atoms with Crippen molar-refractivity contribution in [2.45, 2.75) is 32.2 Å². The smallest absolute Gasteiger partial charge is 0.211 e. The highest BCUT2D eigenvalue weighted by Crippen LogP contribution is 2.05. The Hall–Kier alpha value is -0.850. The zero-order valence-corrected chi connectivity index (χ0v) is 11.8. The molecular formula is C12H22N2O3S. The minimum absolute atomic E-state index is 0.148. The van der Waals surface area contributed by atoms with Gasteiger partial charge in [-0.05, 0) is 45.5 Å². The van der Waals surface area contributed by atoms with Crippen LogP contribution in [-0.2, 0) is 16.4 Å². The largest absolute Gasteiger partial charge is 0.469 e. The second-order valence-corrected chi connectivity index (χ2v) is 6.31. The molecule has 0 spiro atoms. The van der Waals surface area contributed by atoms with Crippen LogP contribution in [0.4, 0.5) is 0 Å². The predicted molar refractivity (Wildman–Crippen MR) is 72.0 cm³/mol. The van der Waals surface area contributed by atoms with E-state index in [1.54, 1.807) is 12.3 Å². The Labute approximate surface area is 109 Å². The van der Waals surface area contributed by atoms with Gasteiger partial charge in [-0.2, -0.15) is 0 Å². The second kappa shape index (κ2) is 7.56. The van der Waals surface area contributed by atoms with E-state index in [4.69, 9.17) is 4.42 Å². The molecule has 1 aromatic rings. The van der Waals surface area contributed by atoms with E-state index in [9.17, 15) is 8.42 Å². The highest BCUT2D eigenvalue weighted by Gasteiger charge is 2.15. The van der Waals surface area contributed by atoms with Gasteiger partial charge in [0.2, 0.25) is 10.0 Å². The predicted octanol–water partition coefficient (Wildman–Crippen LogP) is 1.13. The summed E-state index contributed by atoms with van der Waals surface area (Å²) >= 11 is 0. The third-order valence-corrected chi connectivity index (χ3v) is 4.15. The molecule has 1 unspecified atom stereocenters. The molecule has 5 nitrogen and oxygen atoms in total. The normalized spacial score (nSPS) is 13.7. The number of nitrogens with one attached hydrogen (secondary N) is 2. The van der Waals surface area contributed by atoms with Gasteiger partial charge in [-0.25, -0.2) is 13.1 Å². The van der Waals surface area contributed by atoms with E-state index in [2.05, 4.69) is 10.0 Å². The molecule has 18 heavy (non-hydrogen) atoms. The fourth-order valence-electron chi connectivity index (χ4n) is 1.73. The molecule has 1 aromatic heterocycles. The summed E-state index contributed by atoms with van der Waals surface area (Å²) in [6.45, 7) is 2.69. The monoisotopic (exact) mass is 274 g/mol. The van der Waals surface area contributed by atoms with Gasteiger partial charge in [-0.15, -0.1) is 0 Å². The topological polar surface area (TPSA) is 71.3 Å². The summed E-state index contributed by atoms with van der Waals surface area (Å²) in [6.07, 6.45) is 3.70. The minimum Gasteiger partial charge on any atom is -0.469 e. The lowest BCUT2D eigenvalue weighted by Gasteiger charge is -2.12. The van der Waals surface area contributed by atoms with Gasteiger partial charge in [-0.3, -0.25) is 0 Å². The molecule has 1 heterocycles. The van der Waals surface area contributed by atoms with Crippen LogP contribution in [0.1, 0.15) is 25.5 Å². The molecule has 0 bridgehead atoms. The van der Waals surface area contributed by atoms with Crippen LogP contribution in [0.5, 0.6) is 0 Å². The van der Waals surface area contributed by atoms with Crippen LogP contribution in [0.2, 0.25) is 0 Å². The molecule has 104 valence electrons. The van der Waals surface area contributed by atoms with E-state index >= 15 is 0 Å². The molecule has 0 amide bonds. The third kappa shape index (κ3) is 6.18. The quantitative estimate of drug-likeness (QED) is 0.662. The fourth-order valence-corrected chi connectivity index (χ4v) is 3.13. The van der Waals surface area contributed by atoms with E-state index in [-0.39, 0.29) is 11.8 Å². The summed E-state index contributed by atoms with van der Waals surface area (Å²) in [6, 6.07) is 3.50. The molecule has 0 aliphatic heterocycles. The van der Waals surface area contributed by atoms with Crippen molar-refractivity contribution < 1.29 is 12.8 Å². The molecule has 0 saturated heterocycles. The van der Waals surface area contributed by atoms with E-state index in [1.807, 2.05) is 20.0 Å². The van der Waals surface area contributed by atoms with Crippen molar-refractivity contribution in [3.8, 4) is 0 Å². The van der Waals surface area contributed by atoms with Crippen LogP contribution < -0.4 is 10.0 Å². The van der Waals surface area contributed by atoms with Crippen molar-refractivity contribution in [1.29, 1.82) is 0 Å². The Kier molecular flexibility index (Phi) is 6.38. The van der Waals surface area contributed by atoms with Gasteiger partial charge in [0.05, 0.1) is 12.0 Å². The van der Waals surface area contributed by atoms with Gasteiger partial charge in [0, 0.05) is 12.5 Å². The molecule has 0 radical (unpaired) electrons. The van der Waals surface area contributed by atoms with Crippen molar-refractivity contribution in [3.63, 3.8) is 0 Å². The highest BCUT2D eigenvalue weighted by molar-refractivity contribution is 7.89. The summed E-state index contributed by atoms with van der Waals surface area (Å²) in [5, 5.41) is 3.00. The van der Waals surface area contributed by atoms with Gasteiger partial charge < -0.3 is 9.73 Å². The van der Waals surface area contributed by atoms with Crippen LogP contribution in [0.3, 0.4) is 0 Å². The van der Waals surface area contributed by atoms with Crippen LogP contribution in [-0.4, -0.2) is 33.8 Å². The van der Waals surface area contributed by atoms with Crippen LogP contribution in [0, 0.1) is 0 Å². The first-order chi connectivity index (χ1) is 8.53. The van der Waals surface area contributed by atoms with Crippen molar-refractivity contribution >= 4 is 10.0 Å². The van der Waals surface area contributed by atoms with Crippen molar-refractivity contribution in [1.82, 2.24) is 10.0 Å². The number of rotatable bonds is 9. The van der Waals surface area contributed by atoms with Gasteiger partial charge in [-0.1, -0.05) is 0 Å². The number of furan rings is 1. The molecule has 0 saturated carbocycles. The Morgan fingerprint density at radius 3 is 2.78 bits per heavy atom. The van der Waals surface area contributed by atoms with Crippen molar-refractivity contribution in [2.75, 3.05) is 19.3 Å². The number of sulfonamides is 1. The number of hydrogen-bond acceptors (Lipinski definition) is 4. The summed E-state index contributed by atoms with van der Waals surface area (Å²) in [7, 11) is -1.32. The maximum absolute atomic E-state index is 11.8. The lowest BCUT2D eigenvalue weighted by Crippen LogP contribution is -2.35. The Morgan fingerprint density at radius 2 is 2.17 bits per heavy atom. The molecule has 0 aliphatic carbocycles. The average molecular weight is 274 g/mol. The Morgan fingerprint density at radius 1 is 1.39 bits per heavy atom. The van der Waals surface area contributed by atoms with Crippen molar-refractivity contribution in [2.24, 2.45) is 0 Å². The zero-order valence-electron chi connectivity index (χ0n) is 11.0. The van der Waals surface area contributed by atoms with Crippen molar-refractivity contribution in [3.05, 3.63) is 24.2 Å². The first kappa shape index (κ1) is 15.2. The molecule has 6 heteroatoms.